The average molecular weight is 329 g/mol. The Bertz CT molecular complexity index is 686. The van der Waals surface area contributed by atoms with Crippen molar-refractivity contribution in [2.24, 2.45) is 0 Å². The first-order valence-electron chi connectivity index (χ1n) is 7.49. The predicted octanol–water partition coefficient (Wildman–Crippen LogP) is 1.88. The Morgan fingerprint density at radius 2 is 1.87 bits per heavy atom. The minimum atomic E-state index is 0.116. The number of nitrogens with two attached hydrogens (primary N) is 1. The lowest BCUT2D eigenvalue weighted by Crippen LogP contribution is -2.48. The number of hydrogen-bond donors (Lipinski definition) is 1. The van der Waals surface area contributed by atoms with Gasteiger partial charge in [0.1, 0.15) is 5.82 Å². The standard InChI is InChI=1S/C16H19N5OS/c1-12(22)20-7-9-21(10-8-20)15-14(11-18-16(17)19-15)23-13-5-3-2-4-6-13/h2-6,11H,7-10H2,1H3,(H2,17,18,19). The molecule has 1 aliphatic heterocycles. The lowest BCUT2D eigenvalue weighted by molar-refractivity contribution is -0.129. The van der Waals surface area contributed by atoms with Gasteiger partial charge < -0.3 is 15.5 Å². The second kappa shape index (κ2) is 6.87. The Labute approximate surface area is 139 Å². The van der Waals surface area contributed by atoms with Crippen LogP contribution in [0.25, 0.3) is 0 Å². The fourth-order valence-corrected chi connectivity index (χ4v) is 3.44. The SMILES string of the molecule is CC(=O)N1CCN(c2nc(N)ncc2Sc2ccccc2)CC1. The molecule has 2 aromatic rings. The van der Waals surface area contributed by atoms with Gasteiger partial charge >= 0.3 is 0 Å². The summed E-state index contributed by atoms with van der Waals surface area (Å²) >= 11 is 1.62. The van der Waals surface area contributed by atoms with E-state index in [-0.39, 0.29) is 11.9 Å². The monoisotopic (exact) mass is 329 g/mol. The van der Waals surface area contributed by atoms with E-state index in [1.165, 1.54) is 0 Å². The number of nitrogen functional groups attached to an aromatic ring is 1. The number of nitrogens with zero attached hydrogens (tertiary/aromatic N) is 4. The molecule has 120 valence electrons. The molecule has 1 amide bonds. The normalized spacial score (nSPS) is 14.8. The third-order valence-electron chi connectivity index (χ3n) is 3.75. The molecular weight excluding hydrogens is 310 g/mol. The number of piperazine rings is 1. The number of aromatic nitrogens is 2. The van der Waals surface area contributed by atoms with Gasteiger partial charge in [0.25, 0.3) is 0 Å². The van der Waals surface area contributed by atoms with E-state index in [2.05, 4.69) is 27.0 Å². The minimum Gasteiger partial charge on any atom is -0.368 e. The summed E-state index contributed by atoms with van der Waals surface area (Å²) in [6.45, 7) is 4.51. The summed E-state index contributed by atoms with van der Waals surface area (Å²) in [7, 11) is 0. The van der Waals surface area contributed by atoms with Gasteiger partial charge in [0.2, 0.25) is 11.9 Å². The number of hydrogen-bond acceptors (Lipinski definition) is 6. The Balaban J connectivity index is 1.81. The zero-order valence-corrected chi connectivity index (χ0v) is 13.8. The number of rotatable bonds is 3. The second-order valence-electron chi connectivity index (χ2n) is 5.32. The van der Waals surface area contributed by atoms with Crippen LogP contribution >= 0.6 is 11.8 Å². The lowest BCUT2D eigenvalue weighted by atomic mass is 10.3. The van der Waals surface area contributed by atoms with Crippen LogP contribution in [0.2, 0.25) is 0 Å². The van der Waals surface area contributed by atoms with Crippen molar-refractivity contribution < 1.29 is 4.79 Å². The van der Waals surface area contributed by atoms with Crippen LogP contribution in [-0.4, -0.2) is 47.0 Å². The molecule has 1 aromatic heterocycles. The Hall–Kier alpha value is -2.28. The number of benzene rings is 1. The molecule has 0 aliphatic carbocycles. The van der Waals surface area contributed by atoms with Crippen molar-refractivity contribution >= 4 is 29.4 Å². The van der Waals surface area contributed by atoms with Gasteiger partial charge in [0.15, 0.2) is 0 Å². The smallest absolute Gasteiger partial charge is 0.222 e. The van der Waals surface area contributed by atoms with E-state index in [4.69, 9.17) is 5.73 Å². The van der Waals surface area contributed by atoms with E-state index in [9.17, 15) is 4.79 Å². The maximum Gasteiger partial charge on any atom is 0.222 e. The van der Waals surface area contributed by atoms with Crippen molar-refractivity contribution in [2.75, 3.05) is 36.8 Å². The fourth-order valence-electron chi connectivity index (χ4n) is 2.52. The van der Waals surface area contributed by atoms with Gasteiger partial charge in [-0.05, 0) is 12.1 Å². The van der Waals surface area contributed by atoms with E-state index in [1.807, 2.05) is 23.1 Å². The number of anilines is 2. The topological polar surface area (TPSA) is 75.4 Å². The molecule has 0 atom stereocenters. The highest BCUT2D eigenvalue weighted by atomic mass is 32.2. The zero-order valence-electron chi connectivity index (χ0n) is 13.0. The Morgan fingerprint density at radius 3 is 2.52 bits per heavy atom. The third kappa shape index (κ3) is 3.73. The summed E-state index contributed by atoms with van der Waals surface area (Å²) in [5.74, 6) is 1.23. The largest absolute Gasteiger partial charge is 0.368 e. The maximum absolute atomic E-state index is 11.5. The molecule has 0 spiro atoms. The predicted molar refractivity (Wildman–Crippen MR) is 91.5 cm³/mol. The molecule has 0 saturated carbocycles. The van der Waals surface area contributed by atoms with Gasteiger partial charge in [0, 0.05) is 44.2 Å². The second-order valence-corrected chi connectivity index (χ2v) is 6.44. The van der Waals surface area contributed by atoms with Gasteiger partial charge in [-0.3, -0.25) is 4.79 Å². The number of carbonyl (C=O) groups excluding carboxylic acids is 1. The minimum absolute atomic E-state index is 0.116. The summed E-state index contributed by atoms with van der Waals surface area (Å²) in [5.41, 5.74) is 5.78. The average Bonchev–Trinajstić information content (AvgIpc) is 2.57. The first-order valence-corrected chi connectivity index (χ1v) is 8.31. The molecule has 6 nitrogen and oxygen atoms in total. The summed E-state index contributed by atoms with van der Waals surface area (Å²) in [6, 6.07) is 10.1. The van der Waals surface area contributed by atoms with Crippen molar-refractivity contribution in [1.82, 2.24) is 14.9 Å². The van der Waals surface area contributed by atoms with Gasteiger partial charge in [0.05, 0.1) is 4.90 Å². The molecule has 0 unspecified atom stereocenters. The van der Waals surface area contributed by atoms with Crippen molar-refractivity contribution in [3.63, 3.8) is 0 Å². The van der Waals surface area contributed by atoms with Gasteiger partial charge in [-0.15, -0.1) is 0 Å². The molecule has 2 N–H and O–H groups in total. The molecule has 3 rings (SSSR count). The Kier molecular flexibility index (Phi) is 4.66. The van der Waals surface area contributed by atoms with Crippen molar-refractivity contribution in [2.45, 2.75) is 16.7 Å². The molecule has 1 fully saturated rings. The summed E-state index contributed by atoms with van der Waals surface area (Å²) in [4.78, 5) is 26.1. The zero-order chi connectivity index (χ0) is 16.2. The third-order valence-corrected chi connectivity index (χ3v) is 4.77. The van der Waals surface area contributed by atoms with Crippen LogP contribution in [0.4, 0.5) is 11.8 Å². The van der Waals surface area contributed by atoms with Gasteiger partial charge in [-0.1, -0.05) is 30.0 Å². The van der Waals surface area contributed by atoms with E-state index >= 15 is 0 Å². The molecule has 2 heterocycles. The Morgan fingerprint density at radius 1 is 1.17 bits per heavy atom. The van der Waals surface area contributed by atoms with E-state index < -0.39 is 0 Å². The molecule has 0 radical (unpaired) electrons. The summed E-state index contributed by atoms with van der Waals surface area (Å²) in [5, 5.41) is 0. The molecule has 23 heavy (non-hydrogen) atoms. The van der Waals surface area contributed by atoms with Crippen LogP contribution in [0.1, 0.15) is 6.92 Å². The fraction of sp³-hybridized carbons (Fsp3) is 0.312. The van der Waals surface area contributed by atoms with Crippen molar-refractivity contribution in [3.8, 4) is 0 Å². The van der Waals surface area contributed by atoms with E-state index in [1.54, 1.807) is 24.9 Å². The first kappa shape index (κ1) is 15.6. The lowest BCUT2D eigenvalue weighted by Gasteiger charge is -2.35. The van der Waals surface area contributed by atoms with Gasteiger partial charge in [-0.2, -0.15) is 4.98 Å². The van der Waals surface area contributed by atoms with Crippen LogP contribution in [0, 0.1) is 0 Å². The molecule has 0 bridgehead atoms. The molecule has 7 heteroatoms. The van der Waals surface area contributed by atoms with E-state index in [0.717, 1.165) is 28.7 Å². The molecule has 1 saturated heterocycles. The molecule has 1 aliphatic rings. The number of carbonyl (C=O) groups is 1. The molecule has 1 aromatic carbocycles. The molecular formula is C16H19N5OS. The van der Waals surface area contributed by atoms with Crippen LogP contribution in [0.5, 0.6) is 0 Å². The van der Waals surface area contributed by atoms with Gasteiger partial charge in [-0.25, -0.2) is 4.98 Å². The van der Waals surface area contributed by atoms with Crippen LogP contribution < -0.4 is 10.6 Å². The summed E-state index contributed by atoms with van der Waals surface area (Å²) < 4.78 is 0. The van der Waals surface area contributed by atoms with Crippen LogP contribution in [-0.2, 0) is 4.79 Å². The van der Waals surface area contributed by atoms with E-state index in [0.29, 0.717) is 13.1 Å². The maximum atomic E-state index is 11.5. The van der Waals surface area contributed by atoms with Crippen LogP contribution in [0.15, 0.2) is 46.3 Å². The quantitative estimate of drug-likeness (QED) is 0.927. The number of amides is 1. The van der Waals surface area contributed by atoms with Crippen molar-refractivity contribution in [1.29, 1.82) is 0 Å². The highest BCUT2D eigenvalue weighted by Gasteiger charge is 2.22. The summed E-state index contributed by atoms with van der Waals surface area (Å²) in [6.07, 6.45) is 1.77. The highest BCUT2D eigenvalue weighted by molar-refractivity contribution is 7.99. The highest BCUT2D eigenvalue weighted by Crippen LogP contribution is 2.34. The van der Waals surface area contributed by atoms with Crippen LogP contribution in [0.3, 0.4) is 0 Å². The van der Waals surface area contributed by atoms with Crippen molar-refractivity contribution in [3.05, 3.63) is 36.5 Å². The first-order chi connectivity index (χ1) is 11.1.